The Morgan fingerprint density at radius 2 is 0.806 bits per heavy atom. The molecule has 0 saturated carbocycles. The number of carbonyl (C=O) groups excluding carboxylic acids is 1. The van der Waals surface area contributed by atoms with Gasteiger partial charge in [-0.05, 0) is 64.2 Å². The molecule has 6 aromatic carbocycles. The van der Waals surface area contributed by atoms with Crippen molar-refractivity contribution >= 4 is 121 Å². The molecule has 0 spiro atoms. The van der Waals surface area contributed by atoms with Crippen LogP contribution in [0.2, 0.25) is 0 Å². The number of nitroso groups, excluding NO2 is 1. The first kappa shape index (κ1) is 105. The van der Waals surface area contributed by atoms with Crippen LogP contribution in [0.5, 0.6) is 0 Å². The maximum absolute atomic E-state index is 12.7. The number of aromatic nitrogens is 10. The number of urea groups is 1. The maximum atomic E-state index is 12.7. The van der Waals surface area contributed by atoms with Crippen molar-refractivity contribution < 1.29 is 31.5 Å². The van der Waals surface area contributed by atoms with E-state index in [1.165, 1.54) is 99.9 Å². The monoisotopic (exact) mass is 1760 g/mol. The summed E-state index contributed by atoms with van der Waals surface area (Å²) in [7, 11) is -2.23. The number of H-pyrrole nitrogens is 1. The van der Waals surface area contributed by atoms with Gasteiger partial charge in [0, 0.05) is 65.0 Å². The number of aliphatic carboxylic acids is 1. The molecule has 15 N–H and O–H groups in total. The van der Waals surface area contributed by atoms with Gasteiger partial charge in [-0.15, -0.1) is 4.91 Å². The molecule has 0 aliphatic carbocycles. The summed E-state index contributed by atoms with van der Waals surface area (Å²) in [4.78, 5) is 159. The Labute approximate surface area is 740 Å². The molecule has 0 fully saturated rings. The molecule has 5 aromatic heterocycles. The number of benzene rings is 6. The van der Waals surface area contributed by atoms with Crippen molar-refractivity contribution in [3.63, 3.8) is 0 Å². The molecular weight excluding hydrogens is 1670 g/mol. The van der Waals surface area contributed by atoms with Crippen molar-refractivity contribution in [1.82, 2.24) is 56.3 Å². The predicted molar refractivity (Wildman–Crippen MR) is 479 cm³/mol. The first-order valence-electron chi connectivity index (χ1n) is 38.3. The minimum absolute atomic E-state index is 0.0243. The van der Waals surface area contributed by atoms with Crippen molar-refractivity contribution in [2.75, 3.05) is 42.8 Å². The van der Waals surface area contributed by atoms with E-state index in [4.69, 9.17) is 61.6 Å². The fourth-order valence-corrected chi connectivity index (χ4v) is 10.7. The minimum atomic E-state index is -2.95. The molecule has 39 nitrogen and oxygen atoms in total. The Bertz CT molecular complexity index is 6280. The number of nitrogens with two attached hydrogens (primary N) is 6. The number of amides is 2. The van der Waals surface area contributed by atoms with Crippen molar-refractivity contribution in [2.45, 2.75) is 125 Å². The fraction of sp³-hybridized carbons (Fsp3) is 0.259. The van der Waals surface area contributed by atoms with E-state index in [9.17, 15) is 62.4 Å². The third-order valence-electron chi connectivity index (χ3n) is 16.5. The van der Waals surface area contributed by atoms with Gasteiger partial charge in [-0.1, -0.05) is 210 Å². The van der Waals surface area contributed by atoms with Gasteiger partial charge in [0.15, 0.2) is 0 Å². The van der Waals surface area contributed by atoms with E-state index in [2.05, 4.69) is 20.5 Å². The number of nitrogen functional groups attached to an aromatic ring is 5. The molecular formula is C81H97N21Na2O18S2. The molecule has 5 heterocycles. The molecule has 0 saturated heterocycles. The van der Waals surface area contributed by atoms with Crippen LogP contribution >= 0.6 is 0 Å². The number of aliphatic imine (C=N–C) groups is 1. The van der Waals surface area contributed by atoms with Crippen LogP contribution in [0.15, 0.2) is 258 Å². The molecule has 11 aromatic rings. The first-order valence-corrected chi connectivity index (χ1v) is 49.0. The number of nitrogens with one attached hydrogen (secondary N) is 2. The standard InChI is InChI=1S/C17H22N4O2.C14H16N4O3.C14H18N4O2.C14H17N3O2.C11H11N3O2.C8H10N2O.C3H3NO2.2Na.O4S2/c1-4-10-20-16(22)11-15(18-13-19(2)3)21(17(20)23)12-14-8-6-5-7-9-14;1-2-8-17-13(19)11(16-21)12(15)18(14(17)20)9-10-6-4-3-5-7-10;1-2-8-17-13(19)11(15)12(16)18(14(17)20)9-10-6-4-3-5-7-10;1-2-8-16-13(18)9-12(15)17(14(16)19)10-11-6-4-3-5-7-11;12-9-6-10(15)13-11(16)14(9)7-8-4-2-1-3-5-8;9-8(11)10-6-7-4-2-1-3-5-7;4-2-1-3(5)6;;;1-5(2)6(3)4/h5-9,11,13H,4,10,12H2,1-3H3;3-7H,2,8-9,15H2,1H3;3-7H,2,8-9,15-16H2,1H3;3-7,9H,2,8,10,15H2,1H3;1-6H,7,12H2,(H,13,15,16);1-5H,6H2,(H3,9,10,11);1H2,(H,5,6);;;. The SMILES string of the molecule is CCCn1c(=O)c(N)c(N)n(Cc2ccccc2)c1=O.CCCn1c(=O)c(N=O)c(N)n(Cc2ccccc2)c1=O.CCCn1c(=O)cc(N)n(Cc2ccccc2)c1=O.CCCn1c(=O)cc(N=CN(C)C)n(Cc2ccccc2)c1=O.N#CCC(=O)O.NC(=O)NCc1ccccc1.Nc1cc(=O)[nH]c(=O)n1Cc1ccccc1.O=S(=O)=S(=O)=O.[Na][Na]. The Hall–Kier alpha value is -13.3. The van der Waals surface area contributed by atoms with Crippen molar-refractivity contribution in [2.24, 2.45) is 15.9 Å². The normalized spacial score (nSPS) is 10.0. The predicted octanol–water partition coefficient (Wildman–Crippen LogP) is 3.73. The molecule has 11 rings (SSSR count). The van der Waals surface area contributed by atoms with Crippen LogP contribution in [-0.4, -0.2) is 149 Å². The molecule has 124 heavy (non-hydrogen) atoms. The van der Waals surface area contributed by atoms with Gasteiger partial charge in [0.25, 0.3) is 27.8 Å². The summed E-state index contributed by atoms with van der Waals surface area (Å²) < 4.78 is 47.8. The number of hydrogen-bond acceptors (Lipinski definition) is 25. The zero-order valence-electron chi connectivity index (χ0n) is 69.7. The Morgan fingerprint density at radius 1 is 0.476 bits per heavy atom. The van der Waals surface area contributed by atoms with Crippen molar-refractivity contribution in [1.29, 1.82) is 5.26 Å². The summed E-state index contributed by atoms with van der Waals surface area (Å²) in [6.07, 6.45) is 3.89. The second-order valence-corrected chi connectivity index (χ2v) is 28.4. The fourth-order valence-electron chi connectivity index (χ4n) is 10.7. The van der Waals surface area contributed by atoms with Crippen LogP contribution in [0, 0.1) is 16.2 Å². The van der Waals surface area contributed by atoms with Gasteiger partial charge in [-0.3, -0.25) is 74.9 Å². The Morgan fingerprint density at radius 3 is 1.15 bits per heavy atom. The topological polar surface area (TPSA) is 590 Å². The van der Waals surface area contributed by atoms with E-state index in [1.807, 2.05) is 224 Å². The summed E-state index contributed by atoms with van der Waals surface area (Å²) in [6.45, 7) is 11.0. The second kappa shape index (κ2) is 56.3. The summed E-state index contributed by atoms with van der Waals surface area (Å²) >= 11 is 2.89. The Balaban J connectivity index is 0.000000375. The van der Waals surface area contributed by atoms with Gasteiger partial charge >= 0.3 is 103 Å². The molecule has 0 aliphatic heterocycles. The number of carboxylic acids is 1. The number of aromatic amines is 1. The molecule has 648 valence electrons. The van der Waals surface area contributed by atoms with Crippen LogP contribution in [0.25, 0.3) is 0 Å². The molecule has 0 atom stereocenters. The van der Waals surface area contributed by atoms with Gasteiger partial charge in [0.1, 0.15) is 41.2 Å². The third kappa shape index (κ3) is 35.0. The number of rotatable bonds is 24. The Kier molecular flexibility index (Phi) is 47.6. The number of hydrogen-bond donors (Lipinski definition) is 9. The number of carbonyl (C=O) groups is 2. The van der Waals surface area contributed by atoms with Gasteiger partial charge in [-0.2, -0.15) is 22.1 Å². The van der Waals surface area contributed by atoms with E-state index in [1.54, 1.807) is 11.2 Å². The van der Waals surface area contributed by atoms with E-state index in [0.29, 0.717) is 71.0 Å². The summed E-state index contributed by atoms with van der Waals surface area (Å²) in [5.41, 5.74) is 34.3. The molecule has 43 heteroatoms. The number of nitrogens with zero attached hydrogens (tertiary/aromatic N) is 13. The van der Waals surface area contributed by atoms with Gasteiger partial charge in [0.2, 0.25) is 5.69 Å². The molecule has 0 radical (unpaired) electrons. The number of anilines is 5. The zero-order valence-corrected chi connectivity index (χ0v) is 75.4. The van der Waals surface area contributed by atoms with E-state index >= 15 is 0 Å². The van der Waals surface area contributed by atoms with Crippen LogP contribution in [0.3, 0.4) is 0 Å². The molecule has 0 aliphatic rings. The first-order chi connectivity index (χ1) is 59.2. The van der Waals surface area contributed by atoms with Gasteiger partial charge in [0.05, 0.1) is 45.1 Å². The van der Waals surface area contributed by atoms with E-state index in [-0.39, 0.29) is 64.5 Å². The van der Waals surface area contributed by atoms with Crippen LogP contribution in [-0.2, 0) is 88.8 Å². The number of primary amides is 1. The molecule has 0 unspecified atom stereocenters. The van der Waals surface area contributed by atoms with Crippen molar-refractivity contribution in [3.8, 4) is 6.07 Å². The van der Waals surface area contributed by atoms with Gasteiger partial charge < -0.3 is 49.7 Å². The van der Waals surface area contributed by atoms with Gasteiger partial charge in [-0.25, -0.2) is 33.8 Å². The average Bonchev–Trinajstić information content (AvgIpc) is 0.789. The summed E-state index contributed by atoms with van der Waals surface area (Å²) in [5.74, 6) is -0.515. The zero-order chi connectivity index (χ0) is 92.5. The number of nitriles is 1. The molecule has 2 amide bonds. The van der Waals surface area contributed by atoms with E-state index in [0.717, 1.165) is 55.4 Å². The quantitative estimate of drug-likeness (QED) is 0.0180. The van der Waals surface area contributed by atoms with Crippen LogP contribution < -0.4 is 96.0 Å². The van der Waals surface area contributed by atoms with Crippen LogP contribution in [0.1, 0.15) is 93.2 Å². The van der Waals surface area contributed by atoms with Crippen molar-refractivity contribution in [3.05, 3.63) is 343 Å². The third-order valence-corrected chi connectivity index (χ3v) is 17.3. The molecule has 0 bridgehead atoms. The number of carboxylic acid groups (broad SMARTS) is 1. The summed E-state index contributed by atoms with van der Waals surface area (Å²) in [6, 6.07) is 61.7. The van der Waals surface area contributed by atoms with E-state index < -0.39 is 76.4 Å². The van der Waals surface area contributed by atoms with Crippen LogP contribution in [0.4, 0.5) is 45.3 Å². The average molecular weight is 1760 g/mol. The summed E-state index contributed by atoms with van der Waals surface area (Å²) in [5, 5.41) is 20.5. The second-order valence-electron chi connectivity index (χ2n) is 26.0.